The molecule has 6 N–H and O–H groups in total. The summed E-state index contributed by atoms with van der Waals surface area (Å²) < 4.78 is 0. The molecule has 0 spiro atoms. The minimum Gasteiger partial charge on any atom is -0.399 e. The molecular weight excluding hydrogens is 855 g/mol. The molecule has 0 bridgehead atoms. The zero-order valence-electron chi connectivity index (χ0n) is 42.3. The minimum absolute atomic E-state index is 0.000197. The third-order valence-electron chi connectivity index (χ3n) is 11.5. The van der Waals surface area contributed by atoms with Gasteiger partial charge in [0.05, 0.1) is 0 Å². The van der Waals surface area contributed by atoms with Gasteiger partial charge in [0.1, 0.15) is 0 Å². The molecule has 0 unspecified atom stereocenters. The highest BCUT2D eigenvalue weighted by Crippen LogP contribution is 2.21. The smallest absolute Gasteiger partial charge is 0.319 e. The fraction of sp³-hybridized carbons (Fsp3) is 0.463. The van der Waals surface area contributed by atoms with Crippen LogP contribution < -0.4 is 27.0 Å². The van der Waals surface area contributed by atoms with Crippen LogP contribution in [-0.4, -0.2) is 119 Å². The van der Waals surface area contributed by atoms with Crippen molar-refractivity contribution in [2.45, 2.75) is 100 Å². The Bertz CT molecular complexity index is 2410. The van der Waals surface area contributed by atoms with E-state index < -0.39 is 0 Å². The first-order valence-corrected chi connectivity index (χ1v) is 23.7. The van der Waals surface area contributed by atoms with Crippen molar-refractivity contribution in [2.75, 3.05) is 70.0 Å². The van der Waals surface area contributed by atoms with Gasteiger partial charge in [-0.25, -0.2) is 4.79 Å². The van der Waals surface area contributed by atoms with Crippen molar-refractivity contribution in [3.05, 3.63) is 129 Å². The molecule has 4 aromatic carbocycles. The number of hydrogen-bond acceptors (Lipinski definition) is 8. The number of benzene rings is 4. The average molecular weight is 930 g/mol. The number of piperazine rings is 2. The molecule has 0 aromatic heterocycles. The molecule has 0 saturated carbocycles. The van der Waals surface area contributed by atoms with E-state index in [1.54, 1.807) is 18.2 Å². The molecule has 0 aliphatic carbocycles. The predicted molar refractivity (Wildman–Crippen MR) is 273 cm³/mol. The van der Waals surface area contributed by atoms with E-state index in [1.807, 2.05) is 132 Å². The van der Waals surface area contributed by atoms with Crippen LogP contribution in [0.3, 0.4) is 0 Å². The summed E-state index contributed by atoms with van der Waals surface area (Å²) in [5.41, 5.74) is 13.2. The summed E-state index contributed by atoms with van der Waals surface area (Å²) in [5, 5.41) is 11.7. The first kappa shape index (κ1) is 52.7. The minimum atomic E-state index is -0.286. The summed E-state index contributed by atoms with van der Waals surface area (Å²) in [6.45, 7) is 29.7. The van der Waals surface area contributed by atoms with Crippen LogP contribution in [0.15, 0.2) is 84.9 Å². The lowest BCUT2D eigenvalue weighted by Crippen LogP contribution is -2.48. The van der Waals surface area contributed by atoms with Crippen LogP contribution in [-0.2, 0) is 13.1 Å². The zero-order chi connectivity index (χ0) is 50.0. The van der Waals surface area contributed by atoms with Crippen LogP contribution >= 0.6 is 0 Å². The summed E-state index contributed by atoms with van der Waals surface area (Å²) in [6, 6.07) is 26.1. The monoisotopic (exact) mass is 930 g/mol. The van der Waals surface area contributed by atoms with E-state index in [-0.39, 0.29) is 46.2 Å². The number of carbonyl (C=O) groups is 5. The van der Waals surface area contributed by atoms with Gasteiger partial charge in [-0.15, -0.1) is 0 Å². The highest BCUT2D eigenvalue weighted by molar-refractivity contribution is 5.98. The Kier molecular flexibility index (Phi) is 17.6. The number of nitrogens with two attached hydrogens (primary N) is 1. The lowest BCUT2D eigenvalue weighted by atomic mass is 9.97. The van der Waals surface area contributed by atoms with E-state index in [2.05, 4.69) is 51.8 Å². The predicted octanol–water partition coefficient (Wildman–Crippen LogP) is 7.71. The molecule has 2 saturated heterocycles. The third kappa shape index (κ3) is 16.5. The van der Waals surface area contributed by atoms with Gasteiger partial charge in [0.15, 0.2) is 0 Å². The van der Waals surface area contributed by atoms with Gasteiger partial charge in [0, 0.05) is 117 Å². The number of nitrogen functional groups attached to an aromatic ring is 1. The fourth-order valence-corrected chi connectivity index (χ4v) is 7.95. The maximum Gasteiger partial charge on any atom is 0.319 e. The molecule has 2 aliphatic rings. The topological polar surface area (TPSA) is 172 Å². The average Bonchev–Trinajstić information content (AvgIpc) is 3.25. The van der Waals surface area contributed by atoms with Crippen LogP contribution in [0.1, 0.15) is 126 Å². The Morgan fingerprint density at radius 1 is 0.544 bits per heavy atom. The van der Waals surface area contributed by atoms with Crippen LogP contribution in [0.5, 0.6) is 0 Å². The molecule has 6 amide bonds. The normalized spacial score (nSPS) is 14.9. The quantitative estimate of drug-likeness (QED) is 0.101. The van der Waals surface area contributed by atoms with Gasteiger partial charge in [-0.3, -0.25) is 29.0 Å². The fourth-order valence-electron chi connectivity index (χ4n) is 7.95. The van der Waals surface area contributed by atoms with E-state index in [0.717, 1.165) is 67.1 Å². The number of urea groups is 1. The number of carbonyl (C=O) groups excluding carboxylic acids is 5. The summed E-state index contributed by atoms with van der Waals surface area (Å²) in [4.78, 5) is 71.6. The molecule has 0 radical (unpaired) electrons. The van der Waals surface area contributed by atoms with Gasteiger partial charge in [0.25, 0.3) is 23.6 Å². The van der Waals surface area contributed by atoms with Crippen molar-refractivity contribution >= 4 is 41.0 Å². The van der Waals surface area contributed by atoms with E-state index in [1.165, 1.54) is 0 Å². The van der Waals surface area contributed by atoms with E-state index in [9.17, 15) is 24.0 Å². The zero-order valence-corrected chi connectivity index (χ0v) is 42.3. The van der Waals surface area contributed by atoms with E-state index in [4.69, 9.17) is 5.73 Å². The van der Waals surface area contributed by atoms with E-state index in [0.29, 0.717) is 60.8 Å². The van der Waals surface area contributed by atoms with Gasteiger partial charge in [0.2, 0.25) is 0 Å². The van der Waals surface area contributed by atoms with E-state index >= 15 is 0 Å². The summed E-state index contributed by atoms with van der Waals surface area (Å²) in [5.74, 6) is -0.0599. The Hall–Kier alpha value is -6.25. The number of nitrogens with one attached hydrogen (secondary N) is 4. The highest BCUT2D eigenvalue weighted by Gasteiger charge is 2.26. The van der Waals surface area contributed by atoms with Gasteiger partial charge in [-0.1, -0.05) is 45.0 Å². The molecule has 4 aromatic rings. The Morgan fingerprint density at radius 3 is 1.37 bits per heavy atom. The summed E-state index contributed by atoms with van der Waals surface area (Å²) in [6.07, 6.45) is 0. The van der Waals surface area contributed by atoms with Crippen molar-refractivity contribution in [1.82, 2.24) is 35.6 Å². The van der Waals surface area contributed by atoms with Crippen LogP contribution in [0, 0.1) is 19.3 Å². The summed E-state index contributed by atoms with van der Waals surface area (Å²) in [7, 11) is 0. The molecule has 68 heavy (non-hydrogen) atoms. The molecule has 2 fully saturated rings. The van der Waals surface area contributed by atoms with Gasteiger partial charge in [-0.2, -0.15) is 0 Å². The maximum atomic E-state index is 13.2. The first-order chi connectivity index (χ1) is 31.8. The molecule has 366 valence electrons. The van der Waals surface area contributed by atoms with Crippen molar-refractivity contribution in [3.8, 4) is 0 Å². The number of nitrogens with zero attached hydrogens (tertiary/aromatic N) is 4. The number of rotatable bonds is 10. The number of amides is 6. The van der Waals surface area contributed by atoms with Crippen molar-refractivity contribution in [1.29, 1.82) is 0 Å². The first-order valence-electron chi connectivity index (χ1n) is 23.7. The molecule has 2 heterocycles. The Labute approximate surface area is 404 Å². The second-order valence-electron chi connectivity index (χ2n) is 21.4. The number of anilines is 2. The van der Waals surface area contributed by atoms with Gasteiger partial charge < -0.3 is 36.8 Å². The highest BCUT2D eigenvalue weighted by atomic mass is 16.2. The molecule has 14 nitrogen and oxygen atoms in total. The molecule has 0 atom stereocenters. The van der Waals surface area contributed by atoms with Gasteiger partial charge >= 0.3 is 6.03 Å². The number of hydrogen-bond donors (Lipinski definition) is 5. The van der Waals surface area contributed by atoms with Crippen LogP contribution in [0.25, 0.3) is 0 Å². The van der Waals surface area contributed by atoms with Crippen molar-refractivity contribution < 1.29 is 24.0 Å². The Balaban J connectivity index is 0.000000261. The molecule has 6 rings (SSSR count). The third-order valence-corrected chi connectivity index (χ3v) is 11.5. The lowest BCUT2D eigenvalue weighted by Gasteiger charge is -2.35. The second-order valence-corrected chi connectivity index (χ2v) is 21.4. The molecule has 14 heteroatoms. The van der Waals surface area contributed by atoms with Crippen LogP contribution in [0.4, 0.5) is 16.2 Å². The molecule has 2 aliphatic heterocycles. The second kappa shape index (κ2) is 22.7. The van der Waals surface area contributed by atoms with Crippen molar-refractivity contribution in [3.63, 3.8) is 0 Å². The maximum absolute atomic E-state index is 13.2. The van der Waals surface area contributed by atoms with Crippen molar-refractivity contribution in [2.24, 2.45) is 5.41 Å². The summed E-state index contributed by atoms with van der Waals surface area (Å²) >= 11 is 0. The molecular formula is C54H75N9O5. The number of aryl methyl sites for hydroxylation is 2. The van der Waals surface area contributed by atoms with Crippen LogP contribution in [0.2, 0.25) is 0 Å². The lowest BCUT2D eigenvalue weighted by molar-refractivity contribution is 0.0621. The Morgan fingerprint density at radius 2 is 0.971 bits per heavy atom. The standard InChI is InChI=1S/C30H43N5O3.C24H32N4O2/c1-21-17-24(32-28(38)31-20-29(2,3)4)11-12-25(21)27(37)35-15-13-34(14-16-35)19-22-9-8-10-23(18-22)26(36)33-30(5,6)7;1-17-14-20(25)8-9-21(17)23(30)28-12-10-27(11-13-28)16-18-6-5-7-19(15-18)22(29)26-24(2,3)4/h8-12,17-18H,13-16,19-20H2,1-7H3,(H,33,36)(H2,31,32,38);5-9,14-15H,10-13,16,25H2,1-4H3,(H,26,29). The SMILES string of the molecule is Cc1cc(N)ccc1C(=O)N1CCN(Cc2cccc(C(=O)NC(C)(C)C)c2)CC1.Cc1cc(NC(=O)NCC(C)(C)C)ccc1C(=O)N1CCN(Cc2cccc(C(=O)NC(C)(C)C)c2)CC1. The largest absolute Gasteiger partial charge is 0.399 e. The van der Waals surface area contributed by atoms with Gasteiger partial charge in [-0.05, 0) is 144 Å².